The number of rotatable bonds is 6. The number of hydrogen-bond donors (Lipinski definition) is 1. The summed E-state index contributed by atoms with van der Waals surface area (Å²) < 4.78 is 0. The third kappa shape index (κ3) is 4.58. The second-order valence-corrected chi connectivity index (χ2v) is 7.15. The van der Waals surface area contributed by atoms with Crippen LogP contribution in [0.1, 0.15) is 5.56 Å². The first-order chi connectivity index (χ1) is 15.7. The lowest BCUT2D eigenvalue weighted by Gasteiger charge is -2.25. The zero-order valence-electron chi connectivity index (χ0n) is 17.2. The highest BCUT2D eigenvalue weighted by Gasteiger charge is 2.12. The molecule has 0 atom stereocenters. The Kier molecular flexibility index (Phi) is 6.10. The van der Waals surface area contributed by atoms with E-state index in [2.05, 4.69) is 53.4 Å². The first kappa shape index (κ1) is 20.6. The summed E-state index contributed by atoms with van der Waals surface area (Å²) in [5.74, 6) is -1.23. The van der Waals surface area contributed by atoms with E-state index in [1.165, 1.54) is 6.08 Å². The second kappa shape index (κ2) is 9.46. The van der Waals surface area contributed by atoms with Gasteiger partial charge in [0.25, 0.3) is 0 Å². The van der Waals surface area contributed by atoms with Crippen LogP contribution in [0, 0.1) is 11.3 Å². The number of nitrogens with zero attached hydrogens (tertiary/aromatic N) is 2. The summed E-state index contributed by atoms with van der Waals surface area (Å²) in [7, 11) is 0. The van der Waals surface area contributed by atoms with Gasteiger partial charge in [0.1, 0.15) is 11.6 Å². The fourth-order valence-corrected chi connectivity index (χ4v) is 3.48. The number of para-hydroxylation sites is 2. The van der Waals surface area contributed by atoms with Crippen LogP contribution >= 0.6 is 0 Å². The van der Waals surface area contributed by atoms with Crippen LogP contribution in [0.25, 0.3) is 17.2 Å². The van der Waals surface area contributed by atoms with Crippen LogP contribution < -0.4 is 4.90 Å². The van der Waals surface area contributed by atoms with Crippen molar-refractivity contribution in [1.82, 2.24) is 0 Å². The van der Waals surface area contributed by atoms with Crippen LogP contribution in [-0.2, 0) is 4.79 Å². The standard InChI is InChI=1S/C28H20N2O2/c29-20-24(28(31)32)19-21-11-13-22(14-12-21)23-15-17-27(18-16-23)30(25-7-3-1-4-8-25)26-9-5-2-6-10-26/h1-19H,(H,31,32)/b24-19+. The predicted molar refractivity (Wildman–Crippen MR) is 128 cm³/mol. The normalized spacial score (nSPS) is 10.9. The number of anilines is 3. The molecule has 154 valence electrons. The van der Waals surface area contributed by atoms with Crippen LogP contribution in [-0.4, -0.2) is 11.1 Å². The van der Waals surface area contributed by atoms with Crippen LogP contribution in [0.3, 0.4) is 0 Å². The molecule has 4 aromatic carbocycles. The Hall–Kier alpha value is -4.62. The van der Waals surface area contributed by atoms with Gasteiger partial charge >= 0.3 is 5.97 Å². The van der Waals surface area contributed by atoms with Gasteiger partial charge in [-0.3, -0.25) is 0 Å². The van der Waals surface area contributed by atoms with Gasteiger partial charge in [-0.25, -0.2) is 4.79 Å². The first-order valence-corrected chi connectivity index (χ1v) is 10.1. The molecule has 4 aromatic rings. The third-order valence-corrected chi connectivity index (χ3v) is 5.06. The fraction of sp³-hybridized carbons (Fsp3) is 0. The van der Waals surface area contributed by atoms with E-state index in [0.717, 1.165) is 28.2 Å². The van der Waals surface area contributed by atoms with Crippen molar-refractivity contribution in [2.24, 2.45) is 0 Å². The molecule has 32 heavy (non-hydrogen) atoms. The summed E-state index contributed by atoms with van der Waals surface area (Å²) in [5, 5.41) is 17.9. The Balaban J connectivity index is 1.63. The second-order valence-electron chi connectivity index (χ2n) is 7.15. The van der Waals surface area contributed by atoms with Crippen LogP contribution in [0.15, 0.2) is 115 Å². The van der Waals surface area contributed by atoms with Crippen molar-refractivity contribution >= 4 is 29.1 Å². The zero-order chi connectivity index (χ0) is 22.3. The first-order valence-electron chi connectivity index (χ1n) is 10.1. The van der Waals surface area contributed by atoms with Gasteiger partial charge in [0.15, 0.2) is 0 Å². The SMILES string of the molecule is N#C/C(=C\c1ccc(-c2ccc(N(c3ccccc3)c3ccccc3)cc2)cc1)C(=O)O. The minimum absolute atomic E-state index is 0.288. The van der Waals surface area contributed by atoms with Gasteiger partial charge in [0.05, 0.1) is 0 Å². The summed E-state index contributed by atoms with van der Waals surface area (Å²) in [5.41, 5.74) is 5.64. The molecule has 0 heterocycles. The minimum Gasteiger partial charge on any atom is -0.477 e. The lowest BCUT2D eigenvalue weighted by Crippen LogP contribution is -2.09. The van der Waals surface area contributed by atoms with Crippen molar-refractivity contribution in [2.75, 3.05) is 4.90 Å². The Labute approximate surface area is 186 Å². The van der Waals surface area contributed by atoms with E-state index in [4.69, 9.17) is 10.4 Å². The molecule has 0 saturated carbocycles. The Bertz CT molecular complexity index is 1230. The predicted octanol–water partition coefficient (Wildman–Crippen LogP) is 6.81. The van der Waals surface area contributed by atoms with Gasteiger partial charge in [-0.1, -0.05) is 72.8 Å². The maximum absolute atomic E-state index is 11.0. The van der Waals surface area contributed by atoms with Gasteiger partial charge < -0.3 is 10.0 Å². The third-order valence-electron chi connectivity index (χ3n) is 5.06. The molecule has 0 saturated heterocycles. The lowest BCUT2D eigenvalue weighted by atomic mass is 10.0. The van der Waals surface area contributed by atoms with E-state index in [9.17, 15) is 4.79 Å². The number of benzene rings is 4. The van der Waals surface area contributed by atoms with Crippen molar-refractivity contribution in [3.8, 4) is 17.2 Å². The van der Waals surface area contributed by atoms with E-state index >= 15 is 0 Å². The monoisotopic (exact) mass is 416 g/mol. The molecule has 0 unspecified atom stereocenters. The summed E-state index contributed by atoms with van der Waals surface area (Å²) in [6, 6.07) is 37.9. The van der Waals surface area contributed by atoms with Crippen molar-refractivity contribution < 1.29 is 9.90 Å². The van der Waals surface area contributed by atoms with Crippen molar-refractivity contribution in [2.45, 2.75) is 0 Å². The van der Waals surface area contributed by atoms with E-state index in [-0.39, 0.29) is 5.57 Å². The highest BCUT2D eigenvalue weighted by Crippen LogP contribution is 2.35. The van der Waals surface area contributed by atoms with E-state index in [1.54, 1.807) is 6.07 Å². The highest BCUT2D eigenvalue weighted by atomic mass is 16.4. The maximum atomic E-state index is 11.0. The average molecular weight is 416 g/mol. The molecule has 0 aromatic heterocycles. The van der Waals surface area contributed by atoms with E-state index < -0.39 is 5.97 Å². The number of aliphatic carboxylic acids is 1. The number of carboxylic acid groups (broad SMARTS) is 1. The minimum atomic E-state index is -1.23. The molecule has 0 radical (unpaired) electrons. The van der Waals surface area contributed by atoms with Gasteiger partial charge in [0, 0.05) is 17.1 Å². The molecule has 4 nitrogen and oxygen atoms in total. The van der Waals surface area contributed by atoms with Crippen molar-refractivity contribution in [3.05, 3.63) is 120 Å². The Morgan fingerprint density at radius 3 is 1.56 bits per heavy atom. The molecule has 0 spiro atoms. The largest absolute Gasteiger partial charge is 0.477 e. The van der Waals surface area contributed by atoms with Crippen LogP contribution in [0.4, 0.5) is 17.1 Å². The van der Waals surface area contributed by atoms with E-state index in [0.29, 0.717) is 5.56 Å². The molecular weight excluding hydrogens is 396 g/mol. The lowest BCUT2D eigenvalue weighted by molar-refractivity contribution is -0.132. The van der Waals surface area contributed by atoms with Gasteiger partial charge in [-0.15, -0.1) is 0 Å². The smallest absolute Gasteiger partial charge is 0.346 e. The average Bonchev–Trinajstić information content (AvgIpc) is 2.85. The van der Waals surface area contributed by atoms with E-state index in [1.807, 2.05) is 60.7 Å². The molecule has 4 rings (SSSR count). The molecule has 0 fully saturated rings. The van der Waals surface area contributed by atoms with Gasteiger partial charge in [-0.2, -0.15) is 5.26 Å². The van der Waals surface area contributed by atoms with Crippen LogP contribution in [0.5, 0.6) is 0 Å². The molecule has 0 aliphatic rings. The van der Waals surface area contributed by atoms with Gasteiger partial charge in [-0.05, 0) is 59.2 Å². The van der Waals surface area contributed by atoms with Crippen molar-refractivity contribution in [3.63, 3.8) is 0 Å². The van der Waals surface area contributed by atoms with Crippen molar-refractivity contribution in [1.29, 1.82) is 5.26 Å². The number of hydrogen-bond acceptors (Lipinski definition) is 3. The molecular formula is C28H20N2O2. The molecule has 4 heteroatoms. The number of carboxylic acids is 1. The van der Waals surface area contributed by atoms with Gasteiger partial charge in [0.2, 0.25) is 0 Å². The highest BCUT2D eigenvalue weighted by molar-refractivity contribution is 5.96. The topological polar surface area (TPSA) is 64.3 Å². The molecule has 0 bridgehead atoms. The Morgan fingerprint density at radius 2 is 1.12 bits per heavy atom. The molecule has 0 amide bonds. The number of carbonyl (C=O) groups is 1. The zero-order valence-corrected chi connectivity index (χ0v) is 17.2. The summed E-state index contributed by atoms with van der Waals surface area (Å²) in [4.78, 5) is 13.2. The van der Waals surface area contributed by atoms with Crippen LogP contribution in [0.2, 0.25) is 0 Å². The summed E-state index contributed by atoms with van der Waals surface area (Å²) in [6.45, 7) is 0. The quantitative estimate of drug-likeness (QED) is 0.277. The molecule has 0 aliphatic carbocycles. The summed E-state index contributed by atoms with van der Waals surface area (Å²) in [6.07, 6.45) is 1.37. The molecule has 0 aliphatic heterocycles. The molecule has 1 N–H and O–H groups in total. The fourth-order valence-electron chi connectivity index (χ4n) is 3.48. The maximum Gasteiger partial charge on any atom is 0.346 e. The Morgan fingerprint density at radius 1 is 0.688 bits per heavy atom. The summed E-state index contributed by atoms with van der Waals surface area (Å²) >= 11 is 0. The number of nitriles is 1.